The molecular weight excluding hydrogens is 326 g/mol. The van der Waals surface area contributed by atoms with E-state index in [0.717, 1.165) is 11.2 Å². The number of hydrogen-bond donors (Lipinski definition) is 2. The minimum Gasteiger partial charge on any atom is -0.429 e. The molecule has 0 saturated heterocycles. The number of aromatic amines is 1. The van der Waals surface area contributed by atoms with Crippen LogP contribution in [0.5, 0.6) is 0 Å². The second kappa shape index (κ2) is 5.74. The van der Waals surface area contributed by atoms with E-state index in [1.54, 1.807) is 35.3 Å². The van der Waals surface area contributed by atoms with Gasteiger partial charge in [-0.2, -0.15) is 5.10 Å². The third-order valence-corrected chi connectivity index (χ3v) is 3.69. The summed E-state index contributed by atoms with van der Waals surface area (Å²) in [6, 6.07) is 12.5. The number of carbonyl (C=O) groups excluding carboxylic acids is 1. The first-order valence-electron chi connectivity index (χ1n) is 7.09. The second-order valence-electron chi connectivity index (χ2n) is 5.04. The number of amides is 1. The highest BCUT2D eigenvalue weighted by molar-refractivity contribution is 7.71. The fraction of sp³-hybridized carbons (Fsp3) is 0. The molecule has 0 aliphatic heterocycles. The quantitative estimate of drug-likeness (QED) is 0.560. The Balaban J connectivity index is 1.67. The van der Waals surface area contributed by atoms with Crippen LogP contribution in [-0.2, 0) is 0 Å². The summed E-state index contributed by atoms with van der Waals surface area (Å²) in [5, 5.41) is 6.98. The number of anilines is 1. The normalized spacial score (nSPS) is 10.8. The van der Waals surface area contributed by atoms with E-state index in [-0.39, 0.29) is 10.7 Å². The molecule has 0 unspecified atom stereocenters. The van der Waals surface area contributed by atoms with Gasteiger partial charge in [-0.3, -0.25) is 4.79 Å². The average molecular weight is 337 g/mol. The number of hydrogen-bond acceptors (Lipinski definition) is 5. The smallest absolute Gasteiger partial charge is 0.266 e. The first kappa shape index (κ1) is 14.3. The Labute approximate surface area is 141 Å². The molecule has 8 heteroatoms. The number of aromatic nitrogens is 4. The van der Waals surface area contributed by atoms with Gasteiger partial charge in [-0.25, -0.2) is 9.67 Å². The summed E-state index contributed by atoms with van der Waals surface area (Å²) in [6.45, 7) is 0. The number of carbonyl (C=O) groups is 1. The van der Waals surface area contributed by atoms with Gasteiger partial charge in [0.05, 0.1) is 16.9 Å². The molecule has 1 amide bonds. The molecule has 7 nitrogen and oxygen atoms in total. The molecule has 0 spiro atoms. The first-order chi connectivity index (χ1) is 11.7. The molecule has 2 N–H and O–H groups in total. The van der Waals surface area contributed by atoms with Gasteiger partial charge in [0, 0.05) is 5.56 Å². The van der Waals surface area contributed by atoms with E-state index >= 15 is 0 Å². The lowest BCUT2D eigenvalue weighted by Gasteiger charge is -2.10. The number of para-hydroxylation sites is 2. The van der Waals surface area contributed by atoms with Crippen molar-refractivity contribution in [3.8, 4) is 5.69 Å². The van der Waals surface area contributed by atoms with Gasteiger partial charge in [0.25, 0.3) is 10.7 Å². The molecule has 0 atom stereocenters. The topological polar surface area (TPSA) is 88.7 Å². The molecule has 4 rings (SSSR count). The Bertz CT molecular complexity index is 1080. The van der Waals surface area contributed by atoms with E-state index in [0.29, 0.717) is 16.8 Å². The molecule has 2 aromatic heterocycles. The van der Waals surface area contributed by atoms with Crippen LogP contribution in [0.25, 0.3) is 16.8 Å². The minimum absolute atomic E-state index is 0.258. The van der Waals surface area contributed by atoms with Gasteiger partial charge in [-0.15, -0.1) is 0 Å². The molecular formula is C16H11N5O2S. The van der Waals surface area contributed by atoms with E-state index in [2.05, 4.69) is 20.4 Å². The Morgan fingerprint density at radius 3 is 2.96 bits per heavy atom. The van der Waals surface area contributed by atoms with Crippen LogP contribution in [0.3, 0.4) is 0 Å². The minimum atomic E-state index is -0.258. The highest BCUT2D eigenvalue weighted by atomic mass is 32.1. The van der Waals surface area contributed by atoms with Crippen molar-refractivity contribution in [1.82, 2.24) is 19.7 Å². The van der Waals surface area contributed by atoms with Gasteiger partial charge >= 0.3 is 0 Å². The zero-order valence-electron chi connectivity index (χ0n) is 12.3. The summed E-state index contributed by atoms with van der Waals surface area (Å²) < 4.78 is 6.94. The third-order valence-electron chi connectivity index (χ3n) is 3.50. The number of nitrogens with zero attached hydrogens (tertiary/aromatic N) is 3. The number of nitrogens with one attached hydrogen (secondary N) is 2. The van der Waals surface area contributed by atoms with Crippen LogP contribution in [0.1, 0.15) is 10.4 Å². The van der Waals surface area contributed by atoms with Gasteiger partial charge in [0.2, 0.25) is 0 Å². The third kappa shape index (κ3) is 2.59. The van der Waals surface area contributed by atoms with Gasteiger partial charge in [-0.1, -0.05) is 12.1 Å². The Kier molecular flexibility index (Phi) is 3.43. The van der Waals surface area contributed by atoms with Gasteiger partial charge in [0.1, 0.15) is 12.7 Å². The SMILES string of the molecule is O=C(Nc1ccccc1-n1cncn1)c1ccc2[nH]c(=S)oc2c1. The second-order valence-corrected chi connectivity index (χ2v) is 5.41. The van der Waals surface area contributed by atoms with Crippen LogP contribution in [0, 0.1) is 4.84 Å². The van der Waals surface area contributed by atoms with E-state index in [1.165, 1.54) is 6.33 Å². The molecule has 0 radical (unpaired) electrons. The maximum atomic E-state index is 12.6. The molecule has 118 valence electrons. The molecule has 2 aromatic carbocycles. The van der Waals surface area contributed by atoms with Crippen molar-refractivity contribution in [3.05, 3.63) is 65.5 Å². The zero-order valence-corrected chi connectivity index (χ0v) is 13.1. The van der Waals surface area contributed by atoms with Crippen LogP contribution in [0.15, 0.2) is 59.5 Å². The Morgan fingerprint density at radius 1 is 1.25 bits per heavy atom. The lowest BCUT2D eigenvalue weighted by Crippen LogP contribution is -2.13. The van der Waals surface area contributed by atoms with E-state index in [1.807, 2.05) is 18.2 Å². The molecule has 0 aliphatic rings. The van der Waals surface area contributed by atoms with Gasteiger partial charge in [-0.05, 0) is 42.5 Å². The van der Waals surface area contributed by atoms with Crippen LogP contribution in [0.2, 0.25) is 0 Å². The molecule has 0 saturated carbocycles. The first-order valence-corrected chi connectivity index (χ1v) is 7.50. The molecule has 2 heterocycles. The van der Waals surface area contributed by atoms with Crippen molar-refractivity contribution in [2.75, 3.05) is 5.32 Å². The Morgan fingerprint density at radius 2 is 2.12 bits per heavy atom. The monoisotopic (exact) mass is 337 g/mol. The summed E-state index contributed by atoms with van der Waals surface area (Å²) in [6.07, 6.45) is 3.01. The largest absolute Gasteiger partial charge is 0.429 e. The van der Waals surface area contributed by atoms with Crippen LogP contribution >= 0.6 is 12.2 Å². The predicted molar refractivity (Wildman–Crippen MR) is 90.7 cm³/mol. The van der Waals surface area contributed by atoms with Crippen molar-refractivity contribution in [2.45, 2.75) is 0 Å². The Hall–Kier alpha value is -3.26. The van der Waals surface area contributed by atoms with E-state index < -0.39 is 0 Å². The molecule has 0 aliphatic carbocycles. The average Bonchev–Trinajstić information content (AvgIpc) is 3.22. The summed E-state index contributed by atoms with van der Waals surface area (Å²) in [4.78, 5) is 19.7. The number of rotatable bonds is 3. The maximum Gasteiger partial charge on any atom is 0.266 e. The number of oxazole rings is 1. The summed E-state index contributed by atoms with van der Waals surface area (Å²) in [5.41, 5.74) is 3.11. The standard InChI is InChI=1S/C16H11N5O2S/c22-15(10-5-6-12-14(7-10)23-16(24)20-12)19-11-3-1-2-4-13(11)21-9-17-8-18-21/h1-9H,(H,19,22)(H,20,24). The van der Waals surface area contributed by atoms with Crippen molar-refractivity contribution < 1.29 is 9.21 Å². The predicted octanol–water partition coefficient (Wildman–Crippen LogP) is 3.32. The summed E-state index contributed by atoms with van der Waals surface area (Å²) in [7, 11) is 0. The fourth-order valence-corrected chi connectivity index (χ4v) is 2.59. The molecule has 0 bridgehead atoms. The van der Waals surface area contributed by atoms with Gasteiger partial charge in [0.15, 0.2) is 5.58 Å². The number of benzene rings is 2. The van der Waals surface area contributed by atoms with Crippen LogP contribution in [-0.4, -0.2) is 25.7 Å². The highest BCUT2D eigenvalue weighted by Crippen LogP contribution is 2.21. The molecule has 4 aromatic rings. The van der Waals surface area contributed by atoms with Gasteiger partial charge < -0.3 is 14.7 Å². The molecule has 0 fully saturated rings. The highest BCUT2D eigenvalue weighted by Gasteiger charge is 2.12. The maximum absolute atomic E-state index is 12.6. The number of H-pyrrole nitrogens is 1. The van der Waals surface area contributed by atoms with Crippen molar-refractivity contribution in [3.63, 3.8) is 0 Å². The van der Waals surface area contributed by atoms with Crippen LogP contribution in [0.4, 0.5) is 5.69 Å². The van der Waals surface area contributed by atoms with Crippen molar-refractivity contribution >= 4 is 34.9 Å². The van der Waals surface area contributed by atoms with Crippen LogP contribution < -0.4 is 5.32 Å². The van der Waals surface area contributed by atoms with E-state index in [4.69, 9.17) is 16.6 Å². The summed E-state index contributed by atoms with van der Waals surface area (Å²) in [5.74, 6) is -0.258. The van der Waals surface area contributed by atoms with Crippen molar-refractivity contribution in [2.24, 2.45) is 0 Å². The number of fused-ring (bicyclic) bond motifs is 1. The lowest BCUT2D eigenvalue weighted by molar-refractivity contribution is 0.102. The zero-order chi connectivity index (χ0) is 16.5. The van der Waals surface area contributed by atoms with Crippen molar-refractivity contribution in [1.29, 1.82) is 0 Å². The van der Waals surface area contributed by atoms with E-state index in [9.17, 15) is 4.79 Å². The fourth-order valence-electron chi connectivity index (χ4n) is 2.39. The lowest BCUT2D eigenvalue weighted by atomic mass is 10.2. The summed E-state index contributed by atoms with van der Waals surface area (Å²) >= 11 is 4.95. The molecule has 24 heavy (non-hydrogen) atoms.